The number of aromatic hydroxyl groups is 1. The van der Waals surface area contributed by atoms with Crippen molar-refractivity contribution in [3.05, 3.63) is 84.7 Å². The van der Waals surface area contributed by atoms with E-state index in [0.29, 0.717) is 26.2 Å². The second-order valence-electron chi connectivity index (χ2n) is 6.95. The lowest BCUT2D eigenvalue weighted by Crippen LogP contribution is -2.39. The highest BCUT2D eigenvalue weighted by atomic mass is 127. The van der Waals surface area contributed by atoms with E-state index >= 15 is 0 Å². The maximum atomic E-state index is 13.5. The second kappa shape index (κ2) is 9.19. The molecule has 0 amide bonds. The van der Waals surface area contributed by atoms with Gasteiger partial charge in [-0.1, -0.05) is 17.4 Å². The Hall–Kier alpha value is -2.84. The Bertz CT molecular complexity index is 1490. The van der Waals surface area contributed by atoms with E-state index in [1.54, 1.807) is 42.5 Å². The number of benzene rings is 1. The maximum Gasteiger partial charge on any atom is 0.338 e. The van der Waals surface area contributed by atoms with Crippen LogP contribution < -0.4 is 14.9 Å². The molecule has 9 nitrogen and oxygen atoms in total. The zero-order valence-corrected chi connectivity index (χ0v) is 21.1. The Balaban J connectivity index is 1.94. The Kier molecular flexibility index (Phi) is 6.50. The number of carbonyl (C=O) groups is 1. The number of nitro benzene ring substituents is 1. The average molecular weight is 597 g/mol. The van der Waals surface area contributed by atoms with Crippen molar-refractivity contribution in [2.24, 2.45) is 4.99 Å². The van der Waals surface area contributed by atoms with E-state index < -0.39 is 28.4 Å². The summed E-state index contributed by atoms with van der Waals surface area (Å²) in [6.45, 7) is 3.60. The van der Waals surface area contributed by atoms with Gasteiger partial charge >= 0.3 is 11.7 Å². The molecule has 0 saturated heterocycles. The van der Waals surface area contributed by atoms with Crippen LogP contribution in [-0.4, -0.2) is 27.2 Å². The van der Waals surface area contributed by atoms with Crippen LogP contribution in [0.15, 0.2) is 50.7 Å². The quantitative estimate of drug-likeness (QED) is 0.209. The van der Waals surface area contributed by atoms with Crippen molar-refractivity contribution in [2.75, 3.05) is 6.61 Å². The van der Waals surface area contributed by atoms with Gasteiger partial charge in [-0.15, -0.1) is 11.3 Å². The van der Waals surface area contributed by atoms with Crippen molar-refractivity contribution in [2.45, 2.75) is 19.9 Å². The molecule has 12 heteroatoms. The number of halogens is 1. The lowest BCUT2D eigenvalue weighted by atomic mass is 10.0. The van der Waals surface area contributed by atoms with E-state index in [0.717, 1.165) is 16.2 Å². The molecule has 1 atom stereocenters. The number of thiazole rings is 1. The number of aromatic nitrogens is 1. The van der Waals surface area contributed by atoms with E-state index in [2.05, 4.69) is 4.99 Å². The van der Waals surface area contributed by atoms with Gasteiger partial charge in [0.1, 0.15) is 6.04 Å². The van der Waals surface area contributed by atoms with Gasteiger partial charge in [-0.3, -0.25) is 19.5 Å². The van der Waals surface area contributed by atoms with E-state index in [1.807, 2.05) is 17.5 Å². The summed E-state index contributed by atoms with van der Waals surface area (Å²) in [6, 6.07) is 5.76. The van der Waals surface area contributed by atoms with Crippen LogP contribution in [0.2, 0.25) is 0 Å². The molecule has 1 N–H and O–H groups in total. The van der Waals surface area contributed by atoms with E-state index in [9.17, 15) is 24.8 Å². The minimum Gasteiger partial charge on any atom is -0.501 e. The zero-order chi connectivity index (χ0) is 23.9. The molecule has 0 fully saturated rings. The first-order valence-electron chi connectivity index (χ1n) is 9.62. The highest BCUT2D eigenvalue weighted by Crippen LogP contribution is 2.34. The number of hydrogen-bond acceptors (Lipinski definition) is 9. The second-order valence-corrected chi connectivity index (χ2v) is 10.1. The van der Waals surface area contributed by atoms with Crippen LogP contribution in [0.25, 0.3) is 6.08 Å². The Labute approximate surface area is 208 Å². The molecule has 4 rings (SSSR count). The molecule has 1 aliphatic heterocycles. The Morgan fingerprint density at radius 1 is 1.45 bits per heavy atom. The van der Waals surface area contributed by atoms with Crippen LogP contribution >= 0.6 is 45.3 Å². The van der Waals surface area contributed by atoms with Crippen molar-refractivity contribution in [1.29, 1.82) is 0 Å². The third kappa shape index (κ3) is 4.25. The summed E-state index contributed by atoms with van der Waals surface area (Å²) < 4.78 is 7.28. The zero-order valence-electron chi connectivity index (χ0n) is 17.3. The van der Waals surface area contributed by atoms with Crippen LogP contribution in [0.4, 0.5) is 5.69 Å². The van der Waals surface area contributed by atoms with Crippen LogP contribution in [-0.2, 0) is 9.53 Å². The number of fused-ring (bicyclic) bond motifs is 1. The fraction of sp³-hybridized carbons (Fsp3) is 0.190. The molecule has 3 heterocycles. The normalized spacial score (nSPS) is 15.8. The number of hydrogen-bond donors (Lipinski definition) is 1. The van der Waals surface area contributed by atoms with Gasteiger partial charge in [0, 0.05) is 10.9 Å². The number of rotatable bonds is 5. The first-order valence-corrected chi connectivity index (χ1v) is 12.4. The number of ether oxygens (including phenoxy) is 1. The summed E-state index contributed by atoms with van der Waals surface area (Å²) in [5.41, 5.74) is 0.334. The lowest BCUT2D eigenvalue weighted by Gasteiger charge is -2.23. The van der Waals surface area contributed by atoms with Crippen molar-refractivity contribution in [3.63, 3.8) is 0 Å². The molecule has 0 aliphatic carbocycles. The first-order chi connectivity index (χ1) is 15.7. The van der Waals surface area contributed by atoms with Crippen molar-refractivity contribution in [1.82, 2.24) is 4.57 Å². The highest BCUT2D eigenvalue weighted by Gasteiger charge is 2.33. The van der Waals surface area contributed by atoms with E-state index in [4.69, 9.17) is 4.74 Å². The molecule has 1 aromatic carbocycles. The number of carbonyl (C=O) groups excluding carboxylic acids is 1. The molecule has 0 bridgehead atoms. The number of thiophene rings is 1. The lowest BCUT2D eigenvalue weighted by molar-refractivity contribution is -0.386. The first kappa shape index (κ1) is 23.3. The number of nitrogens with zero attached hydrogens (tertiary/aromatic N) is 3. The van der Waals surface area contributed by atoms with E-state index in [1.165, 1.54) is 28.0 Å². The number of phenolic OH excluding ortho intramolecular Hbond substituents is 1. The maximum absolute atomic E-state index is 13.5. The molecule has 33 heavy (non-hydrogen) atoms. The van der Waals surface area contributed by atoms with Gasteiger partial charge in [0.05, 0.1) is 30.9 Å². The number of esters is 1. The van der Waals surface area contributed by atoms with Crippen LogP contribution in [0.3, 0.4) is 0 Å². The monoisotopic (exact) mass is 597 g/mol. The molecule has 0 spiro atoms. The van der Waals surface area contributed by atoms with Gasteiger partial charge < -0.3 is 9.84 Å². The van der Waals surface area contributed by atoms with Crippen molar-refractivity contribution >= 4 is 63.0 Å². The number of allylic oxidation sites excluding steroid dienone is 1. The summed E-state index contributed by atoms with van der Waals surface area (Å²) in [4.78, 5) is 42.5. The highest BCUT2D eigenvalue weighted by molar-refractivity contribution is 14.1. The molecule has 0 unspecified atom stereocenters. The van der Waals surface area contributed by atoms with Crippen LogP contribution in [0.1, 0.15) is 30.3 Å². The van der Waals surface area contributed by atoms with Gasteiger partial charge in [0.15, 0.2) is 4.80 Å². The predicted molar refractivity (Wildman–Crippen MR) is 132 cm³/mol. The molecule has 0 saturated carbocycles. The molecule has 0 radical (unpaired) electrons. The Morgan fingerprint density at radius 2 is 2.21 bits per heavy atom. The minimum atomic E-state index is -0.684. The summed E-state index contributed by atoms with van der Waals surface area (Å²) >= 11 is 4.34. The smallest absolute Gasteiger partial charge is 0.338 e. The van der Waals surface area contributed by atoms with Crippen molar-refractivity contribution in [3.8, 4) is 5.75 Å². The van der Waals surface area contributed by atoms with Gasteiger partial charge in [0.2, 0.25) is 5.75 Å². The van der Waals surface area contributed by atoms with Gasteiger partial charge in [-0.25, -0.2) is 9.79 Å². The average Bonchev–Trinajstić information content (AvgIpc) is 3.38. The van der Waals surface area contributed by atoms with Crippen LogP contribution in [0, 0.1) is 13.7 Å². The summed E-state index contributed by atoms with van der Waals surface area (Å²) in [7, 11) is 0. The Morgan fingerprint density at radius 3 is 2.85 bits per heavy atom. The van der Waals surface area contributed by atoms with Gasteiger partial charge in [-0.05, 0) is 65.6 Å². The van der Waals surface area contributed by atoms with Gasteiger partial charge in [0.25, 0.3) is 5.56 Å². The van der Waals surface area contributed by atoms with Gasteiger partial charge in [-0.2, -0.15) is 0 Å². The van der Waals surface area contributed by atoms with Crippen LogP contribution in [0.5, 0.6) is 5.75 Å². The SMILES string of the molecule is CCOC(=O)C1=C(C)N=c2s/c(=C\c3cc(I)c(O)c([N+](=O)[O-])c3)c(=O)n2[C@H]1c1cccs1. The molecular formula is C21H16IN3O6S2. The fourth-order valence-corrected chi connectivity index (χ4v) is 5.99. The number of nitro groups is 1. The summed E-state index contributed by atoms with van der Waals surface area (Å²) in [6.07, 6.45) is 1.52. The molecule has 1 aliphatic rings. The molecular weight excluding hydrogens is 581 g/mol. The fourth-order valence-electron chi connectivity index (χ4n) is 3.49. The topological polar surface area (TPSA) is 124 Å². The standard InChI is InChI=1S/C21H16IN3O6S2/c1-3-31-20(28)16-10(2)23-21-24(17(16)14-5-4-6-32-14)19(27)15(33-21)9-11-7-12(22)18(26)13(8-11)25(29)30/h4-9,17,26H,3H2,1-2H3/b15-9-/t17-/m0/s1. The summed E-state index contributed by atoms with van der Waals surface area (Å²) in [5, 5.41) is 23.1. The molecule has 2 aromatic heterocycles. The van der Waals surface area contributed by atoms with E-state index in [-0.39, 0.29) is 15.7 Å². The molecule has 170 valence electrons. The number of phenols is 1. The third-order valence-electron chi connectivity index (χ3n) is 4.89. The third-order valence-corrected chi connectivity index (χ3v) is 7.62. The predicted octanol–water partition coefficient (Wildman–Crippen LogP) is 3.08. The minimum absolute atomic E-state index is 0.190. The molecule has 3 aromatic rings. The summed E-state index contributed by atoms with van der Waals surface area (Å²) in [5.74, 6) is -0.957. The largest absolute Gasteiger partial charge is 0.501 e. The van der Waals surface area contributed by atoms with Crippen molar-refractivity contribution < 1.29 is 19.6 Å².